The molecule has 144 valence electrons. The fourth-order valence-electron chi connectivity index (χ4n) is 3.25. The standard InChI is InChI=1S/C22H23N3O3/c1-14-10-17(15-6-4-5-7-20(15)27-9-8-25(2)3)23-18-12-21-19(11-16(14)18)24-22(26)13-28-21/h4-7,10-12H,8-9,13H2,1-3H3,(H,24,26). The summed E-state index contributed by atoms with van der Waals surface area (Å²) in [6.07, 6.45) is 0. The first-order valence-corrected chi connectivity index (χ1v) is 9.26. The normalized spacial score (nSPS) is 13.2. The molecule has 0 atom stereocenters. The van der Waals surface area contributed by atoms with Crippen LogP contribution < -0.4 is 14.8 Å². The minimum absolute atomic E-state index is 0.0275. The summed E-state index contributed by atoms with van der Waals surface area (Å²) in [4.78, 5) is 18.5. The lowest BCUT2D eigenvalue weighted by molar-refractivity contribution is -0.118. The zero-order chi connectivity index (χ0) is 19.7. The van der Waals surface area contributed by atoms with Gasteiger partial charge in [-0.15, -0.1) is 0 Å². The van der Waals surface area contributed by atoms with Crippen LogP contribution in [-0.4, -0.2) is 49.6 Å². The van der Waals surface area contributed by atoms with Crippen molar-refractivity contribution in [3.63, 3.8) is 0 Å². The van der Waals surface area contributed by atoms with E-state index in [1.165, 1.54) is 0 Å². The van der Waals surface area contributed by atoms with Crippen LogP contribution in [0.3, 0.4) is 0 Å². The fraction of sp³-hybridized carbons (Fsp3) is 0.273. The lowest BCUT2D eigenvalue weighted by Gasteiger charge is -2.19. The second-order valence-corrected chi connectivity index (χ2v) is 7.17. The molecule has 2 heterocycles. The Balaban J connectivity index is 1.74. The Morgan fingerprint density at radius 3 is 2.86 bits per heavy atom. The summed E-state index contributed by atoms with van der Waals surface area (Å²) in [5, 5.41) is 3.84. The third-order valence-electron chi connectivity index (χ3n) is 4.71. The molecule has 6 nitrogen and oxygen atoms in total. The molecule has 6 heteroatoms. The minimum atomic E-state index is -0.141. The Morgan fingerprint density at radius 2 is 2.04 bits per heavy atom. The number of anilines is 1. The molecule has 28 heavy (non-hydrogen) atoms. The third-order valence-corrected chi connectivity index (χ3v) is 4.71. The molecule has 1 aliphatic heterocycles. The quantitative estimate of drug-likeness (QED) is 0.738. The van der Waals surface area contributed by atoms with Crippen LogP contribution in [-0.2, 0) is 4.79 Å². The highest BCUT2D eigenvalue weighted by molar-refractivity contribution is 5.99. The van der Waals surface area contributed by atoms with E-state index >= 15 is 0 Å². The van der Waals surface area contributed by atoms with Gasteiger partial charge in [0.25, 0.3) is 5.91 Å². The molecular formula is C22H23N3O3. The van der Waals surface area contributed by atoms with E-state index in [4.69, 9.17) is 14.5 Å². The number of nitrogens with one attached hydrogen (secondary N) is 1. The number of likely N-dealkylation sites (N-methyl/N-ethyl adjacent to an activating group) is 1. The van der Waals surface area contributed by atoms with E-state index in [0.29, 0.717) is 18.0 Å². The Kier molecular flexibility index (Phi) is 4.88. The highest BCUT2D eigenvalue weighted by atomic mass is 16.5. The van der Waals surface area contributed by atoms with Gasteiger partial charge >= 0.3 is 0 Å². The van der Waals surface area contributed by atoms with Crippen molar-refractivity contribution in [3.05, 3.63) is 48.0 Å². The van der Waals surface area contributed by atoms with Gasteiger partial charge in [-0.2, -0.15) is 0 Å². The number of rotatable bonds is 5. The lowest BCUT2D eigenvalue weighted by atomic mass is 10.0. The average molecular weight is 377 g/mol. The van der Waals surface area contributed by atoms with Gasteiger partial charge in [0.15, 0.2) is 6.61 Å². The second kappa shape index (κ2) is 7.48. The molecule has 1 N–H and O–H groups in total. The molecule has 1 aliphatic rings. The molecule has 0 bridgehead atoms. The van der Waals surface area contributed by atoms with Crippen LogP contribution in [0.5, 0.6) is 11.5 Å². The molecule has 0 spiro atoms. The number of benzene rings is 2. The van der Waals surface area contributed by atoms with E-state index in [1.807, 2.05) is 63.5 Å². The molecule has 0 saturated carbocycles. The highest BCUT2D eigenvalue weighted by Crippen LogP contribution is 2.36. The first-order chi connectivity index (χ1) is 13.5. The Labute approximate surface area is 164 Å². The Morgan fingerprint density at radius 1 is 1.21 bits per heavy atom. The molecule has 1 aromatic heterocycles. The van der Waals surface area contributed by atoms with Crippen LogP contribution in [0, 0.1) is 6.92 Å². The van der Waals surface area contributed by atoms with Crippen molar-refractivity contribution < 1.29 is 14.3 Å². The zero-order valence-corrected chi connectivity index (χ0v) is 16.3. The number of pyridine rings is 1. The summed E-state index contributed by atoms with van der Waals surface area (Å²) in [6, 6.07) is 13.8. The van der Waals surface area contributed by atoms with Crippen molar-refractivity contribution in [1.29, 1.82) is 0 Å². The predicted octanol–water partition coefficient (Wildman–Crippen LogP) is 3.48. The molecule has 0 fully saturated rings. The summed E-state index contributed by atoms with van der Waals surface area (Å²) in [5.41, 5.74) is 4.40. The molecule has 1 amide bonds. The van der Waals surface area contributed by atoms with Crippen LogP contribution >= 0.6 is 0 Å². The summed E-state index contributed by atoms with van der Waals surface area (Å²) < 4.78 is 11.5. The second-order valence-electron chi connectivity index (χ2n) is 7.17. The van der Waals surface area contributed by atoms with Gasteiger partial charge in [-0.3, -0.25) is 4.79 Å². The number of carbonyl (C=O) groups is 1. The number of aryl methyl sites for hydroxylation is 1. The lowest BCUT2D eigenvalue weighted by Crippen LogP contribution is -2.25. The van der Waals surface area contributed by atoms with Crippen LogP contribution in [0.25, 0.3) is 22.2 Å². The van der Waals surface area contributed by atoms with Gasteiger partial charge in [-0.1, -0.05) is 12.1 Å². The highest BCUT2D eigenvalue weighted by Gasteiger charge is 2.18. The maximum Gasteiger partial charge on any atom is 0.262 e. The first-order valence-electron chi connectivity index (χ1n) is 9.26. The predicted molar refractivity (Wildman–Crippen MR) is 110 cm³/mol. The van der Waals surface area contributed by atoms with Crippen LogP contribution in [0.15, 0.2) is 42.5 Å². The number of amides is 1. The van der Waals surface area contributed by atoms with E-state index in [0.717, 1.165) is 40.0 Å². The molecule has 3 aromatic rings. The number of ether oxygens (including phenoxy) is 2. The molecular weight excluding hydrogens is 354 g/mol. The fourth-order valence-corrected chi connectivity index (χ4v) is 3.25. The molecule has 0 radical (unpaired) electrons. The van der Waals surface area contributed by atoms with Crippen molar-refractivity contribution in [1.82, 2.24) is 9.88 Å². The number of aromatic nitrogens is 1. The monoisotopic (exact) mass is 377 g/mol. The molecule has 0 saturated heterocycles. The number of hydrogen-bond acceptors (Lipinski definition) is 5. The van der Waals surface area contributed by atoms with Crippen molar-refractivity contribution in [2.45, 2.75) is 6.92 Å². The third kappa shape index (κ3) is 3.64. The van der Waals surface area contributed by atoms with Crippen molar-refractivity contribution >= 4 is 22.5 Å². The minimum Gasteiger partial charge on any atom is -0.492 e. The van der Waals surface area contributed by atoms with E-state index in [-0.39, 0.29) is 12.5 Å². The zero-order valence-electron chi connectivity index (χ0n) is 16.3. The van der Waals surface area contributed by atoms with E-state index in [9.17, 15) is 4.79 Å². The number of hydrogen-bond donors (Lipinski definition) is 1. The Bertz CT molecular complexity index is 1050. The van der Waals surface area contributed by atoms with Gasteiger partial charge in [0, 0.05) is 23.6 Å². The van der Waals surface area contributed by atoms with E-state index in [2.05, 4.69) is 10.2 Å². The van der Waals surface area contributed by atoms with Gasteiger partial charge in [0.05, 0.1) is 16.9 Å². The topological polar surface area (TPSA) is 63.7 Å². The Hall–Kier alpha value is -3.12. The van der Waals surface area contributed by atoms with Gasteiger partial charge < -0.3 is 19.7 Å². The van der Waals surface area contributed by atoms with Gasteiger partial charge in [-0.05, 0) is 50.8 Å². The number of carbonyl (C=O) groups excluding carboxylic acids is 1. The molecule has 2 aromatic carbocycles. The van der Waals surface area contributed by atoms with Gasteiger partial charge in [0.1, 0.15) is 18.1 Å². The van der Waals surface area contributed by atoms with Crippen molar-refractivity contribution in [3.8, 4) is 22.8 Å². The smallest absolute Gasteiger partial charge is 0.262 e. The maximum absolute atomic E-state index is 11.6. The largest absolute Gasteiger partial charge is 0.492 e. The number of nitrogens with zero attached hydrogens (tertiary/aromatic N) is 2. The summed E-state index contributed by atoms with van der Waals surface area (Å²) in [5.74, 6) is 1.32. The van der Waals surface area contributed by atoms with Crippen LogP contribution in [0.4, 0.5) is 5.69 Å². The van der Waals surface area contributed by atoms with Crippen LogP contribution in [0.1, 0.15) is 5.56 Å². The molecule has 0 unspecified atom stereocenters. The first kappa shape index (κ1) is 18.3. The SMILES string of the molecule is Cc1cc(-c2ccccc2OCCN(C)C)nc2cc3c(cc12)NC(=O)CO3. The van der Waals surface area contributed by atoms with Gasteiger partial charge in [0.2, 0.25) is 0 Å². The van der Waals surface area contributed by atoms with Crippen molar-refractivity contribution in [2.24, 2.45) is 0 Å². The molecule has 4 rings (SSSR count). The average Bonchev–Trinajstić information content (AvgIpc) is 2.67. The maximum atomic E-state index is 11.6. The number of para-hydroxylation sites is 1. The van der Waals surface area contributed by atoms with Crippen molar-refractivity contribution in [2.75, 3.05) is 39.2 Å². The summed E-state index contributed by atoms with van der Waals surface area (Å²) in [6.45, 7) is 3.52. The van der Waals surface area contributed by atoms with Gasteiger partial charge in [-0.25, -0.2) is 4.98 Å². The summed E-state index contributed by atoms with van der Waals surface area (Å²) >= 11 is 0. The van der Waals surface area contributed by atoms with E-state index in [1.54, 1.807) is 0 Å². The summed E-state index contributed by atoms with van der Waals surface area (Å²) in [7, 11) is 4.05. The van der Waals surface area contributed by atoms with Crippen LogP contribution in [0.2, 0.25) is 0 Å². The molecule has 0 aliphatic carbocycles. The van der Waals surface area contributed by atoms with E-state index < -0.39 is 0 Å². The number of fused-ring (bicyclic) bond motifs is 2.